The highest BCUT2D eigenvalue weighted by Crippen LogP contribution is 2.37. The predicted molar refractivity (Wildman–Crippen MR) is 307 cm³/mol. The maximum Gasteiger partial charge on any atom is 0.127 e. The fraction of sp³-hybridized carbons (Fsp3) is 0.143. The Hall–Kier alpha value is -6.74. The van der Waals surface area contributed by atoms with Gasteiger partial charge >= 0.3 is 0 Å². The zero-order chi connectivity index (χ0) is 49.0. The van der Waals surface area contributed by atoms with Crippen molar-refractivity contribution in [2.45, 2.75) is 61.8 Å². The molecular weight excluding hydrogens is 931 g/mol. The predicted octanol–water partition coefficient (Wildman–Crippen LogP) is 20.5. The van der Waals surface area contributed by atoms with Crippen LogP contribution in [0.5, 0.6) is 0 Å². The van der Waals surface area contributed by atoms with Crippen molar-refractivity contribution >= 4 is 63.6 Å². The number of hydrogen-bond acceptors (Lipinski definition) is 6. The van der Waals surface area contributed by atoms with Crippen LogP contribution in [-0.2, 0) is 0 Å². The Balaban J connectivity index is 0.000000129. The smallest absolute Gasteiger partial charge is 0.127 e. The van der Waals surface area contributed by atoms with Crippen LogP contribution in [0, 0.1) is 48.5 Å². The molecule has 0 fully saturated rings. The topological polar surface area (TPSA) is 42.1 Å². The van der Waals surface area contributed by atoms with E-state index in [2.05, 4.69) is 204 Å². The summed E-state index contributed by atoms with van der Waals surface area (Å²) in [5.74, 6) is 3.52. The third-order valence-corrected chi connectivity index (χ3v) is 15.7. The van der Waals surface area contributed by atoms with Gasteiger partial charge < -0.3 is 13.8 Å². The number of furan rings is 2. The molecular formula is C63H59NO2S4. The van der Waals surface area contributed by atoms with Crippen molar-refractivity contribution in [3.05, 3.63) is 242 Å². The van der Waals surface area contributed by atoms with E-state index in [9.17, 15) is 0 Å². The molecule has 0 unspecified atom stereocenters. The number of H-pyrrole nitrogens is 1. The second-order valence-electron chi connectivity index (χ2n) is 17.5. The second-order valence-corrected chi connectivity index (χ2v) is 22.5. The Bertz CT molecular complexity index is 3260. The molecule has 11 rings (SSSR count). The first-order valence-electron chi connectivity index (χ1n) is 23.5. The first-order chi connectivity index (χ1) is 33.9. The molecule has 7 aromatic heterocycles. The van der Waals surface area contributed by atoms with Gasteiger partial charge in [0.2, 0.25) is 0 Å². The molecule has 7 heterocycles. The lowest BCUT2D eigenvalue weighted by atomic mass is 10.1. The summed E-state index contributed by atoms with van der Waals surface area (Å²) in [6.07, 6.45) is 13.6. The molecule has 0 spiro atoms. The van der Waals surface area contributed by atoms with Gasteiger partial charge in [0, 0.05) is 50.4 Å². The van der Waals surface area contributed by atoms with Gasteiger partial charge in [-0.2, -0.15) is 0 Å². The van der Waals surface area contributed by atoms with Crippen molar-refractivity contribution < 1.29 is 8.83 Å². The normalized spacial score (nSPS) is 12.0. The highest BCUT2D eigenvalue weighted by Gasteiger charge is 2.08. The SMILES string of the molecule is CC1=CC=C(/C=C/c2ccc(C)[nH]2)C1.Cc1ccc(-c2ccc(-c3ccc(-c4ccc(C)s4)cc3)s2)cc1.Cc1ccc(-c2ccc(-c3ccc(C)s3)cc2)s1.Cc1ccc(/C=C/c2ccc(C)o2)o1. The molecule has 352 valence electrons. The van der Waals surface area contributed by atoms with Gasteiger partial charge in [-0.3, -0.25) is 0 Å². The highest BCUT2D eigenvalue weighted by molar-refractivity contribution is 7.19. The minimum absolute atomic E-state index is 0.844. The van der Waals surface area contributed by atoms with E-state index >= 15 is 0 Å². The lowest BCUT2D eigenvalue weighted by Crippen LogP contribution is -1.75. The van der Waals surface area contributed by atoms with Gasteiger partial charge in [0.05, 0.1) is 0 Å². The Labute approximate surface area is 430 Å². The monoisotopic (exact) mass is 989 g/mol. The molecule has 0 atom stereocenters. The number of benzene rings is 3. The Morgan fingerprint density at radius 1 is 0.371 bits per heavy atom. The maximum atomic E-state index is 5.38. The van der Waals surface area contributed by atoms with E-state index in [-0.39, 0.29) is 0 Å². The number of thiophene rings is 4. The molecule has 0 bridgehead atoms. The van der Waals surface area contributed by atoms with Gasteiger partial charge in [-0.15, -0.1) is 45.3 Å². The lowest BCUT2D eigenvalue weighted by molar-refractivity contribution is 0.521. The standard InChI is InChI=1S/C22H18S2.C16H14S2.C13H15N.C12H12O2/c1-15-3-6-17(7-4-15)21-13-14-22(24-21)19-10-8-18(9-11-19)20-12-5-16(2)23-20;1-11-3-9-15(17-11)13-5-7-14(8-6-13)16-10-4-12(2)18-16;1-10-3-5-12(9-10)6-8-13-7-4-11(2)14-13;1-9-3-5-11(13-9)7-8-12-6-4-10(2)14-12/h3-14H,1-2H3;3-10H,1-2H3;3-8,14H,9H2,1-2H3;3-8H,1-2H3/b;;8-6+;8-7+. The zero-order valence-corrected chi connectivity index (χ0v) is 44.4. The Morgan fingerprint density at radius 2 is 0.771 bits per heavy atom. The average Bonchev–Trinajstić information content (AvgIpc) is 4.22. The van der Waals surface area contributed by atoms with Crippen molar-refractivity contribution in [1.82, 2.24) is 4.98 Å². The van der Waals surface area contributed by atoms with Crippen LogP contribution in [0.1, 0.15) is 68.0 Å². The molecule has 70 heavy (non-hydrogen) atoms. The first kappa shape index (κ1) is 49.7. The Kier molecular flexibility index (Phi) is 16.8. The van der Waals surface area contributed by atoms with Gasteiger partial charge in [-0.05, 0) is 198 Å². The molecule has 0 saturated carbocycles. The van der Waals surface area contributed by atoms with Crippen LogP contribution in [0.2, 0.25) is 0 Å². The van der Waals surface area contributed by atoms with Crippen LogP contribution in [0.3, 0.4) is 0 Å². The van der Waals surface area contributed by atoms with E-state index in [0.717, 1.165) is 29.5 Å². The van der Waals surface area contributed by atoms with Crippen molar-refractivity contribution in [3.8, 4) is 52.2 Å². The van der Waals surface area contributed by atoms with Gasteiger partial charge in [0.25, 0.3) is 0 Å². The quantitative estimate of drug-likeness (QED) is 0.157. The number of aryl methyl sites for hydroxylation is 7. The number of allylic oxidation sites excluding steroid dienone is 5. The minimum Gasteiger partial charge on any atom is -0.462 e. The van der Waals surface area contributed by atoms with Gasteiger partial charge in [0.15, 0.2) is 0 Å². The third kappa shape index (κ3) is 14.2. The van der Waals surface area contributed by atoms with Gasteiger partial charge in [-0.25, -0.2) is 0 Å². The van der Waals surface area contributed by atoms with Gasteiger partial charge in [-0.1, -0.05) is 102 Å². The average molecular weight is 990 g/mol. The Morgan fingerprint density at radius 3 is 1.10 bits per heavy atom. The van der Waals surface area contributed by atoms with E-state index in [0.29, 0.717) is 0 Å². The molecule has 0 radical (unpaired) electrons. The molecule has 0 aliphatic heterocycles. The van der Waals surface area contributed by atoms with E-state index in [1.54, 1.807) is 0 Å². The maximum absolute atomic E-state index is 5.38. The summed E-state index contributed by atoms with van der Waals surface area (Å²) < 4.78 is 10.8. The third-order valence-electron chi connectivity index (χ3n) is 11.4. The zero-order valence-electron chi connectivity index (χ0n) is 41.1. The van der Waals surface area contributed by atoms with Crippen LogP contribution in [0.25, 0.3) is 70.4 Å². The summed E-state index contributed by atoms with van der Waals surface area (Å²) in [5, 5.41) is 0. The molecule has 1 N–H and O–H groups in total. The largest absolute Gasteiger partial charge is 0.462 e. The van der Waals surface area contributed by atoms with Crippen molar-refractivity contribution in [2.75, 3.05) is 0 Å². The highest BCUT2D eigenvalue weighted by atomic mass is 32.1. The molecule has 10 aromatic rings. The summed E-state index contributed by atoms with van der Waals surface area (Å²) >= 11 is 7.40. The summed E-state index contributed by atoms with van der Waals surface area (Å²) in [7, 11) is 0. The van der Waals surface area contributed by atoms with Crippen molar-refractivity contribution in [1.29, 1.82) is 0 Å². The first-order valence-corrected chi connectivity index (χ1v) is 26.7. The fourth-order valence-corrected chi connectivity index (χ4v) is 11.2. The number of aromatic nitrogens is 1. The molecule has 3 aromatic carbocycles. The van der Waals surface area contributed by atoms with E-state index < -0.39 is 0 Å². The molecule has 0 saturated heterocycles. The fourth-order valence-electron chi connectivity index (χ4n) is 7.61. The number of rotatable bonds is 9. The second kappa shape index (κ2) is 23.7. The summed E-state index contributed by atoms with van der Waals surface area (Å²) in [4.78, 5) is 14.0. The van der Waals surface area contributed by atoms with E-state index in [1.165, 1.54) is 94.9 Å². The molecule has 1 aliphatic rings. The number of aromatic amines is 1. The molecule has 0 amide bonds. The van der Waals surface area contributed by atoms with Crippen LogP contribution in [0.15, 0.2) is 196 Å². The number of nitrogens with one attached hydrogen (secondary N) is 1. The van der Waals surface area contributed by atoms with Crippen LogP contribution < -0.4 is 0 Å². The number of hydrogen-bond donors (Lipinski definition) is 1. The van der Waals surface area contributed by atoms with E-state index in [1.807, 2.05) is 95.6 Å². The van der Waals surface area contributed by atoms with Crippen LogP contribution >= 0.6 is 45.3 Å². The minimum atomic E-state index is 0.844. The van der Waals surface area contributed by atoms with Crippen LogP contribution in [-0.4, -0.2) is 4.98 Å². The summed E-state index contributed by atoms with van der Waals surface area (Å²) in [6.45, 7) is 16.7. The summed E-state index contributed by atoms with van der Waals surface area (Å²) in [6, 6.07) is 56.1. The molecule has 1 aliphatic carbocycles. The van der Waals surface area contributed by atoms with Crippen molar-refractivity contribution in [2.24, 2.45) is 0 Å². The molecule has 3 nitrogen and oxygen atoms in total. The van der Waals surface area contributed by atoms with Gasteiger partial charge in [0.1, 0.15) is 23.0 Å². The van der Waals surface area contributed by atoms with Crippen LogP contribution in [0.4, 0.5) is 0 Å². The van der Waals surface area contributed by atoms with E-state index in [4.69, 9.17) is 8.83 Å². The molecule has 7 heteroatoms. The lowest BCUT2D eigenvalue weighted by Gasteiger charge is -2.01. The van der Waals surface area contributed by atoms with Crippen molar-refractivity contribution in [3.63, 3.8) is 0 Å². The summed E-state index contributed by atoms with van der Waals surface area (Å²) in [5.41, 5.74) is 13.0.